The fourth-order valence-electron chi connectivity index (χ4n) is 1.55. The zero-order valence-electron chi connectivity index (χ0n) is 10.5. The van der Waals surface area contributed by atoms with Crippen molar-refractivity contribution >= 4 is 11.6 Å². The van der Waals surface area contributed by atoms with E-state index in [4.69, 9.17) is 10.4 Å². The number of hydrogen-bond donors (Lipinski definition) is 3. The first-order valence-electron chi connectivity index (χ1n) is 5.83. The molecule has 19 heavy (non-hydrogen) atoms. The predicted octanol–water partition coefficient (Wildman–Crippen LogP) is 0.636. The summed E-state index contributed by atoms with van der Waals surface area (Å²) in [5.41, 5.74) is 3.82. The first-order chi connectivity index (χ1) is 9.19. The minimum absolute atomic E-state index is 0.149. The van der Waals surface area contributed by atoms with E-state index in [2.05, 4.69) is 20.9 Å². The molecular weight excluding hydrogens is 246 g/mol. The van der Waals surface area contributed by atoms with E-state index in [0.29, 0.717) is 30.2 Å². The Labute approximate surface area is 110 Å². The van der Waals surface area contributed by atoms with E-state index in [1.165, 1.54) is 0 Å². The molecule has 0 radical (unpaired) electrons. The van der Waals surface area contributed by atoms with Crippen LogP contribution in [0.15, 0.2) is 28.8 Å². The van der Waals surface area contributed by atoms with E-state index in [-0.39, 0.29) is 5.91 Å². The lowest BCUT2D eigenvalue weighted by molar-refractivity contribution is 0.0954. The van der Waals surface area contributed by atoms with E-state index in [1.807, 2.05) is 0 Å². The number of hydrogen-bond acceptors (Lipinski definition) is 6. The Hall–Kier alpha value is -2.41. The van der Waals surface area contributed by atoms with Crippen molar-refractivity contribution in [1.82, 2.24) is 15.5 Å². The van der Waals surface area contributed by atoms with Crippen molar-refractivity contribution in [3.05, 3.63) is 41.5 Å². The second-order valence-corrected chi connectivity index (χ2v) is 3.96. The number of anilines is 1. The zero-order chi connectivity index (χ0) is 13.7. The van der Waals surface area contributed by atoms with Crippen molar-refractivity contribution in [3.63, 3.8) is 0 Å². The summed E-state index contributed by atoms with van der Waals surface area (Å²) in [4.78, 5) is 15.9. The van der Waals surface area contributed by atoms with Gasteiger partial charge in [0.25, 0.3) is 5.91 Å². The van der Waals surface area contributed by atoms with Gasteiger partial charge in [0, 0.05) is 31.1 Å². The molecule has 0 saturated carbocycles. The quantitative estimate of drug-likeness (QED) is 0.538. The van der Waals surface area contributed by atoms with Gasteiger partial charge in [-0.25, -0.2) is 0 Å². The fraction of sp³-hybridized carbons (Fsp3) is 0.250. The Kier molecular flexibility index (Phi) is 4.09. The second-order valence-electron chi connectivity index (χ2n) is 3.96. The van der Waals surface area contributed by atoms with Crippen LogP contribution in [-0.2, 0) is 6.42 Å². The number of aromatic nitrogens is 2. The highest BCUT2D eigenvalue weighted by atomic mass is 16.5. The number of benzene rings is 1. The van der Waals surface area contributed by atoms with Crippen LogP contribution in [0.4, 0.5) is 5.69 Å². The lowest BCUT2D eigenvalue weighted by atomic mass is 10.2. The van der Waals surface area contributed by atoms with Crippen molar-refractivity contribution in [2.75, 3.05) is 12.0 Å². The van der Waals surface area contributed by atoms with Crippen LogP contribution >= 0.6 is 0 Å². The number of carbonyl (C=O) groups is 1. The molecule has 7 nitrogen and oxygen atoms in total. The highest BCUT2D eigenvalue weighted by Crippen LogP contribution is 2.07. The number of nitrogen functional groups attached to an aromatic ring is 1. The zero-order valence-corrected chi connectivity index (χ0v) is 10.5. The molecule has 0 fully saturated rings. The maximum absolute atomic E-state index is 11.8. The molecule has 4 N–H and O–H groups in total. The Bertz CT molecular complexity index is 550. The summed E-state index contributed by atoms with van der Waals surface area (Å²) < 4.78 is 4.84. The normalized spacial score (nSPS) is 10.2. The minimum Gasteiger partial charge on any atom is -0.352 e. The van der Waals surface area contributed by atoms with E-state index < -0.39 is 0 Å². The number of carbonyl (C=O) groups excluding carboxylic acids is 1. The molecule has 0 atom stereocenters. The summed E-state index contributed by atoms with van der Waals surface area (Å²) in [6, 6.07) is 6.86. The molecule has 0 saturated heterocycles. The first-order valence-corrected chi connectivity index (χ1v) is 5.83. The smallest absolute Gasteiger partial charge is 0.251 e. The largest absolute Gasteiger partial charge is 0.352 e. The van der Waals surface area contributed by atoms with Gasteiger partial charge < -0.3 is 15.3 Å². The van der Waals surface area contributed by atoms with Crippen LogP contribution in [0.25, 0.3) is 0 Å². The highest BCUT2D eigenvalue weighted by Gasteiger charge is 2.06. The molecule has 0 spiro atoms. The van der Waals surface area contributed by atoms with Crippen molar-refractivity contribution in [1.29, 1.82) is 0 Å². The molecule has 1 aromatic carbocycles. The van der Waals surface area contributed by atoms with Gasteiger partial charge in [0.15, 0.2) is 5.82 Å². The van der Waals surface area contributed by atoms with Crippen LogP contribution < -0.4 is 16.6 Å². The summed E-state index contributed by atoms with van der Waals surface area (Å²) >= 11 is 0. The van der Waals surface area contributed by atoms with Crippen LogP contribution in [0.2, 0.25) is 0 Å². The molecular formula is C12H15N5O2. The van der Waals surface area contributed by atoms with Crippen LogP contribution in [0.3, 0.4) is 0 Å². The van der Waals surface area contributed by atoms with Crippen LogP contribution in [0, 0.1) is 6.92 Å². The van der Waals surface area contributed by atoms with Gasteiger partial charge in [0.1, 0.15) is 0 Å². The van der Waals surface area contributed by atoms with Gasteiger partial charge in [-0.05, 0) is 24.3 Å². The van der Waals surface area contributed by atoms with Crippen LogP contribution in [0.1, 0.15) is 22.1 Å². The van der Waals surface area contributed by atoms with E-state index >= 15 is 0 Å². The van der Waals surface area contributed by atoms with E-state index in [1.54, 1.807) is 31.2 Å². The lowest BCUT2D eigenvalue weighted by Gasteiger charge is -2.04. The maximum atomic E-state index is 11.8. The van der Waals surface area contributed by atoms with Crippen molar-refractivity contribution in [2.45, 2.75) is 13.3 Å². The third-order valence-electron chi connectivity index (χ3n) is 2.52. The maximum Gasteiger partial charge on any atom is 0.251 e. The number of nitrogens with one attached hydrogen (secondary N) is 2. The van der Waals surface area contributed by atoms with Gasteiger partial charge in [-0.1, -0.05) is 5.16 Å². The third-order valence-corrected chi connectivity index (χ3v) is 2.52. The van der Waals surface area contributed by atoms with Gasteiger partial charge in [0.05, 0.1) is 0 Å². The Balaban J connectivity index is 1.83. The fourth-order valence-corrected chi connectivity index (χ4v) is 1.55. The number of nitrogens with zero attached hydrogens (tertiary/aromatic N) is 2. The molecule has 100 valence electrons. The molecule has 1 heterocycles. The minimum atomic E-state index is -0.149. The molecule has 2 aromatic rings. The van der Waals surface area contributed by atoms with Gasteiger partial charge in [-0.3, -0.25) is 10.6 Å². The molecule has 2 rings (SSSR count). The van der Waals surface area contributed by atoms with Crippen LogP contribution in [0.5, 0.6) is 0 Å². The summed E-state index contributed by atoms with van der Waals surface area (Å²) in [6.07, 6.45) is 0.533. The molecule has 0 aliphatic rings. The number of rotatable bonds is 5. The second kappa shape index (κ2) is 5.96. The SMILES string of the molecule is Cc1nc(CCNC(=O)c2ccc(NN)cc2)no1. The van der Waals surface area contributed by atoms with Gasteiger partial charge in [0.2, 0.25) is 5.89 Å². The number of hydrazine groups is 1. The molecule has 1 aromatic heterocycles. The summed E-state index contributed by atoms with van der Waals surface area (Å²) in [5, 5.41) is 6.53. The number of amides is 1. The first kappa shape index (κ1) is 13.0. The van der Waals surface area contributed by atoms with Crippen molar-refractivity contribution < 1.29 is 9.32 Å². The Morgan fingerprint density at radius 3 is 2.68 bits per heavy atom. The Morgan fingerprint density at radius 1 is 1.37 bits per heavy atom. The van der Waals surface area contributed by atoms with Crippen molar-refractivity contribution in [2.24, 2.45) is 5.84 Å². The monoisotopic (exact) mass is 261 g/mol. The van der Waals surface area contributed by atoms with Crippen LogP contribution in [-0.4, -0.2) is 22.6 Å². The molecule has 0 aliphatic carbocycles. The highest BCUT2D eigenvalue weighted by molar-refractivity contribution is 5.94. The number of aryl methyl sites for hydroxylation is 1. The molecule has 7 heteroatoms. The number of nitrogens with two attached hydrogens (primary N) is 1. The average Bonchev–Trinajstić information content (AvgIpc) is 2.84. The summed E-state index contributed by atoms with van der Waals surface area (Å²) in [7, 11) is 0. The third kappa shape index (κ3) is 3.52. The molecule has 0 bridgehead atoms. The Morgan fingerprint density at radius 2 is 2.11 bits per heavy atom. The van der Waals surface area contributed by atoms with Crippen molar-refractivity contribution in [3.8, 4) is 0 Å². The molecule has 0 aliphatic heterocycles. The summed E-state index contributed by atoms with van der Waals surface area (Å²) in [5.74, 6) is 6.20. The predicted molar refractivity (Wildman–Crippen MR) is 69.3 cm³/mol. The topological polar surface area (TPSA) is 106 Å². The van der Waals surface area contributed by atoms with Gasteiger partial charge >= 0.3 is 0 Å². The van der Waals surface area contributed by atoms with E-state index in [0.717, 1.165) is 5.69 Å². The van der Waals surface area contributed by atoms with Gasteiger partial charge in [-0.15, -0.1) is 0 Å². The standard InChI is InChI=1S/C12H15N5O2/c1-8-15-11(17-19-8)6-7-14-12(18)9-2-4-10(16-13)5-3-9/h2-5,16H,6-7,13H2,1H3,(H,14,18). The average molecular weight is 261 g/mol. The van der Waals surface area contributed by atoms with E-state index in [9.17, 15) is 4.79 Å². The molecule has 1 amide bonds. The molecule has 0 unspecified atom stereocenters. The lowest BCUT2D eigenvalue weighted by Crippen LogP contribution is -2.25. The van der Waals surface area contributed by atoms with Gasteiger partial charge in [-0.2, -0.15) is 4.98 Å². The summed E-state index contributed by atoms with van der Waals surface area (Å²) in [6.45, 7) is 2.18.